The number of pyridine rings is 1. The summed E-state index contributed by atoms with van der Waals surface area (Å²) in [5.41, 5.74) is 9.70. The molecule has 0 aliphatic rings. The van der Waals surface area contributed by atoms with Gasteiger partial charge in [0.25, 0.3) is 0 Å². The molecule has 8 aromatic carbocycles. The quantitative estimate of drug-likeness (QED) is 0.0683. The fourth-order valence-electron chi connectivity index (χ4n) is 10.2. The van der Waals surface area contributed by atoms with Crippen LogP contribution in [0.4, 0.5) is 0 Å². The summed E-state index contributed by atoms with van der Waals surface area (Å²) in [5.74, 6) is 0.920. The molecule has 0 spiro atoms. The molecule has 11 aromatic rings. The normalized spacial score (nSPS) is 11.9. The van der Waals surface area contributed by atoms with Gasteiger partial charge in [0, 0.05) is 32.5 Å². The molecule has 63 heavy (non-hydrogen) atoms. The van der Waals surface area contributed by atoms with E-state index in [9.17, 15) is 0 Å². The third-order valence-corrected chi connectivity index (χ3v) is 17.8. The lowest BCUT2D eigenvalue weighted by Crippen LogP contribution is -2.75. The van der Waals surface area contributed by atoms with Gasteiger partial charge in [-0.3, -0.25) is 4.57 Å². The Morgan fingerprint density at radius 3 is 1.67 bits per heavy atom. The monoisotopic (exact) mass is 827 g/mol. The van der Waals surface area contributed by atoms with Gasteiger partial charge in [0.05, 0.1) is 22.1 Å². The van der Waals surface area contributed by atoms with E-state index in [2.05, 4.69) is 234 Å². The van der Waals surface area contributed by atoms with Gasteiger partial charge in [0.15, 0.2) is 0 Å². The third kappa shape index (κ3) is 6.61. The average molecular weight is 828 g/mol. The van der Waals surface area contributed by atoms with Crippen LogP contribution in [0.1, 0.15) is 38.2 Å². The van der Waals surface area contributed by atoms with E-state index in [4.69, 9.17) is 4.98 Å². The lowest BCUT2D eigenvalue weighted by atomic mass is 10.0. The molecule has 0 atom stereocenters. The molecule has 0 radical (unpaired) electrons. The summed E-state index contributed by atoms with van der Waals surface area (Å²) in [6.07, 6.45) is 6.03. The Labute approximate surface area is 370 Å². The molecule has 11 rings (SSSR count). The number of fused-ring (bicyclic) bond motifs is 7. The van der Waals surface area contributed by atoms with Crippen molar-refractivity contribution in [1.29, 1.82) is 0 Å². The third-order valence-electron chi connectivity index (χ3n) is 13.1. The zero-order chi connectivity index (χ0) is 42.2. The summed E-state index contributed by atoms with van der Waals surface area (Å²) >= 11 is 0. The molecule has 0 N–H and O–H groups in total. The van der Waals surface area contributed by atoms with Gasteiger partial charge in [-0.2, -0.15) is 0 Å². The number of nitrogens with zero attached hydrogens (tertiary/aromatic N) is 3. The molecule has 3 heterocycles. The van der Waals surface area contributed by atoms with Crippen molar-refractivity contribution in [3.05, 3.63) is 224 Å². The van der Waals surface area contributed by atoms with Crippen LogP contribution in [0, 0.1) is 0 Å². The summed E-state index contributed by atoms with van der Waals surface area (Å²) in [6, 6.07) is 80.6. The number of aromatic nitrogens is 3. The number of hydrogen-bond acceptors (Lipinski definition) is 1. The van der Waals surface area contributed by atoms with Crippen molar-refractivity contribution in [2.45, 2.75) is 39.0 Å². The van der Waals surface area contributed by atoms with Gasteiger partial charge in [-0.1, -0.05) is 190 Å². The maximum Gasteiger partial charge on any atom is 0.201 e. The molecule has 0 fully saturated rings. The van der Waals surface area contributed by atoms with Gasteiger partial charge in [0.1, 0.15) is 5.82 Å². The van der Waals surface area contributed by atoms with Crippen molar-refractivity contribution >= 4 is 72.6 Å². The summed E-state index contributed by atoms with van der Waals surface area (Å²) < 4.78 is 4.94. The summed E-state index contributed by atoms with van der Waals surface area (Å²) in [5, 5.41) is 9.99. The van der Waals surface area contributed by atoms with Gasteiger partial charge < -0.3 is 4.57 Å². The molecule has 0 bridgehead atoms. The van der Waals surface area contributed by atoms with Crippen LogP contribution in [-0.2, 0) is 6.42 Å². The zero-order valence-corrected chi connectivity index (χ0v) is 36.7. The van der Waals surface area contributed by atoms with Crippen LogP contribution >= 0.6 is 0 Å². The number of aryl methyl sites for hydroxylation is 1. The minimum atomic E-state index is -2.92. The van der Waals surface area contributed by atoms with Crippen LogP contribution in [0.25, 0.3) is 66.2 Å². The van der Waals surface area contributed by atoms with Crippen molar-refractivity contribution < 1.29 is 0 Å². The Morgan fingerprint density at radius 2 is 1.02 bits per heavy atom. The minimum Gasteiger partial charge on any atom is -0.309 e. The highest BCUT2D eigenvalue weighted by atomic mass is 28.3. The Hall–Kier alpha value is -7.27. The second kappa shape index (κ2) is 16.5. The van der Waals surface area contributed by atoms with Crippen LogP contribution in [0.2, 0.25) is 0 Å². The number of unbranched alkanes of at least 4 members (excludes halogenated alkanes) is 3. The molecule has 4 heteroatoms. The second-order valence-electron chi connectivity index (χ2n) is 16.9. The molecule has 304 valence electrons. The van der Waals surface area contributed by atoms with E-state index in [-0.39, 0.29) is 0 Å². The predicted octanol–water partition coefficient (Wildman–Crippen LogP) is 12.4. The highest BCUT2D eigenvalue weighted by molar-refractivity contribution is 7.19. The Kier molecular flexibility index (Phi) is 10.1. The van der Waals surface area contributed by atoms with E-state index in [1.165, 1.54) is 96.0 Å². The molecule has 3 nitrogen and oxygen atoms in total. The maximum absolute atomic E-state index is 5.94. The number of para-hydroxylation sites is 1. The molecule has 0 saturated heterocycles. The molecule has 0 amide bonds. The molecular weight excluding hydrogens is 779 g/mol. The summed E-state index contributed by atoms with van der Waals surface area (Å²) in [6.45, 7) is 2.29. The maximum atomic E-state index is 5.94. The molecule has 0 aliphatic carbocycles. The van der Waals surface area contributed by atoms with Crippen molar-refractivity contribution in [2.75, 3.05) is 0 Å². The van der Waals surface area contributed by atoms with Gasteiger partial charge in [0.2, 0.25) is 8.07 Å². The molecule has 0 unspecified atom stereocenters. The largest absolute Gasteiger partial charge is 0.309 e. The van der Waals surface area contributed by atoms with Gasteiger partial charge in [-0.15, -0.1) is 0 Å². The molecule has 0 aliphatic heterocycles. The Bertz CT molecular complexity index is 3260. The Morgan fingerprint density at radius 1 is 0.429 bits per heavy atom. The summed E-state index contributed by atoms with van der Waals surface area (Å²) in [7, 11) is -2.92. The molecular formula is C59H49N3Si. The van der Waals surface area contributed by atoms with Crippen molar-refractivity contribution in [3.63, 3.8) is 0 Å². The number of benzene rings is 8. The van der Waals surface area contributed by atoms with Crippen LogP contribution in [-0.4, -0.2) is 22.2 Å². The van der Waals surface area contributed by atoms with E-state index in [1.54, 1.807) is 0 Å². The number of hydrogen-bond donors (Lipinski definition) is 0. The first-order chi connectivity index (χ1) is 31.2. The topological polar surface area (TPSA) is 22.8 Å². The van der Waals surface area contributed by atoms with Crippen LogP contribution in [0.3, 0.4) is 0 Å². The van der Waals surface area contributed by atoms with Gasteiger partial charge in [-0.25, -0.2) is 4.98 Å². The lowest BCUT2D eigenvalue weighted by molar-refractivity contribution is 0.667. The predicted molar refractivity (Wildman–Crippen MR) is 270 cm³/mol. The summed E-state index contributed by atoms with van der Waals surface area (Å²) in [4.78, 5) is 5.94. The van der Waals surface area contributed by atoms with E-state index in [0.717, 1.165) is 28.8 Å². The fraction of sp³-hybridized carbons (Fsp3) is 0.102. The highest BCUT2D eigenvalue weighted by Crippen LogP contribution is 2.43. The van der Waals surface area contributed by atoms with Crippen molar-refractivity contribution in [2.24, 2.45) is 0 Å². The van der Waals surface area contributed by atoms with E-state index >= 15 is 0 Å². The van der Waals surface area contributed by atoms with Crippen LogP contribution < -0.4 is 20.9 Å². The smallest absolute Gasteiger partial charge is 0.201 e. The SMILES string of the molecule is CCCCCCc1ccc2c(c1)c1c(ccc3c4cc(-c5ccccc5)ccc4n(-c4cccc([Si](c5ccccc5)(c5ccccc5)c5ccccc5)n4)c31)n2-c1ccccc1. The van der Waals surface area contributed by atoms with Crippen molar-refractivity contribution in [3.8, 4) is 22.6 Å². The molecule has 3 aromatic heterocycles. The first-order valence-electron chi connectivity index (χ1n) is 22.5. The van der Waals surface area contributed by atoms with Crippen LogP contribution in [0.5, 0.6) is 0 Å². The highest BCUT2D eigenvalue weighted by Gasteiger charge is 2.43. The first kappa shape index (κ1) is 38.6. The van der Waals surface area contributed by atoms with E-state index in [1.807, 2.05) is 0 Å². The molecule has 0 saturated carbocycles. The standard InChI is InChI=1S/C59H49N3Si/c1-2-3-4-10-22-43-35-38-54-52(41-43)58-55(61(54)46-25-13-6-14-26-46)40-37-50-51-42-45(44-23-11-5-12-24-44)36-39-53(51)62(59(50)58)56-33-21-34-57(60-56)63(47-27-15-7-16-28-47,48-29-17-8-18-30-48)49-31-19-9-20-32-49/h5-9,11-21,23-42H,2-4,10,22H2,1H3. The van der Waals surface area contributed by atoms with Gasteiger partial charge >= 0.3 is 0 Å². The number of rotatable bonds is 12. The fourth-order valence-corrected chi connectivity index (χ4v) is 14.8. The first-order valence-corrected chi connectivity index (χ1v) is 24.5. The average Bonchev–Trinajstić information content (AvgIpc) is 3.87. The van der Waals surface area contributed by atoms with Crippen molar-refractivity contribution in [1.82, 2.24) is 14.1 Å². The second-order valence-corrected chi connectivity index (χ2v) is 20.6. The zero-order valence-electron chi connectivity index (χ0n) is 35.7. The van der Waals surface area contributed by atoms with E-state index in [0.29, 0.717) is 0 Å². The van der Waals surface area contributed by atoms with Gasteiger partial charge in [-0.05, 0) is 99.7 Å². The Balaban J connectivity index is 1.25. The van der Waals surface area contributed by atoms with E-state index < -0.39 is 8.07 Å². The minimum absolute atomic E-state index is 0.920. The lowest BCUT2D eigenvalue weighted by Gasteiger charge is -2.33. The van der Waals surface area contributed by atoms with Crippen LogP contribution in [0.15, 0.2) is 218 Å².